The Bertz CT molecular complexity index is 952. The van der Waals surface area contributed by atoms with Crippen LogP contribution in [0.2, 0.25) is 0 Å². The molecular formula is C19H21N3O. The molecule has 0 aliphatic carbocycles. The van der Waals surface area contributed by atoms with E-state index in [-0.39, 0.29) is 5.66 Å². The van der Waals surface area contributed by atoms with Gasteiger partial charge in [0.2, 0.25) is 0 Å². The second kappa shape index (κ2) is 4.51. The van der Waals surface area contributed by atoms with Crippen molar-refractivity contribution < 1.29 is 4.42 Å². The number of furan rings is 1. The zero-order valence-electron chi connectivity index (χ0n) is 14.2. The second-order valence-electron chi connectivity index (χ2n) is 6.81. The van der Waals surface area contributed by atoms with E-state index in [4.69, 9.17) is 4.42 Å². The fourth-order valence-electron chi connectivity index (χ4n) is 3.27. The molecule has 0 unspecified atom stereocenters. The van der Waals surface area contributed by atoms with Crippen molar-refractivity contribution in [1.29, 1.82) is 0 Å². The lowest BCUT2D eigenvalue weighted by atomic mass is 10.1. The van der Waals surface area contributed by atoms with Gasteiger partial charge in [-0.25, -0.2) is 0 Å². The first-order valence-electron chi connectivity index (χ1n) is 7.88. The third kappa shape index (κ3) is 1.87. The molecule has 3 heterocycles. The van der Waals surface area contributed by atoms with Crippen LogP contribution in [0.4, 0.5) is 5.69 Å². The summed E-state index contributed by atoms with van der Waals surface area (Å²) >= 11 is 0. The van der Waals surface area contributed by atoms with E-state index in [1.54, 1.807) is 0 Å². The molecule has 0 saturated heterocycles. The molecule has 0 saturated carbocycles. The summed E-state index contributed by atoms with van der Waals surface area (Å²) in [6.07, 6.45) is 6.14. The van der Waals surface area contributed by atoms with Crippen LogP contribution in [0.5, 0.6) is 0 Å². The molecule has 4 rings (SSSR count). The van der Waals surface area contributed by atoms with E-state index in [0.717, 1.165) is 33.3 Å². The van der Waals surface area contributed by atoms with Gasteiger partial charge < -0.3 is 14.2 Å². The first kappa shape index (κ1) is 14.1. The van der Waals surface area contributed by atoms with E-state index in [0.29, 0.717) is 0 Å². The SMILES string of the molecule is Cc1cc2oc3c(N4C=CN(C)C4(C)C)c(C)ccc3c2cn1. The number of aryl methyl sites for hydroxylation is 2. The van der Waals surface area contributed by atoms with E-state index in [9.17, 15) is 0 Å². The summed E-state index contributed by atoms with van der Waals surface area (Å²) in [4.78, 5) is 8.92. The van der Waals surface area contributed by atoms with Gasteiger partial charge in [0.05, 0.1) is 5.69 Å². The molecule has 0 amide bonds. The van der Waals surface area contributed by atoms with Crippen LogP contribution >= 0.6 is 0 Å². The summed E-state index contributed by atoms with van der Waals surface area (Å²) < 4.78 is 6.25. The van der Waals surface area contributed by atoms with Crippen molar-refractivity contribution in [2.24, 2.45) is 0 Å². The Morgan fingerprint density at radius 3 is 2.57 bits per heavy atom. The van der Waals surface area contributed by atoms with Gasteiger partial charge in [-0.2, -0.15) is 0 Å². The topological polar surface area (TPSA) is 32.5 Å². The molecule has 118 valence electrons. The minimum Gasteiger partial charge on any atom is -0.454 e. The van der Waals surface area contributed by atoms with Crippen molar-refractivity contribution in [2.75, 3.05) is 11.9 Å². The van der Waals surface area contributed by atoms with Gasteiger partial charge in [-0.05, 0) is 33.3 Å². The van der Waals surface area contributed by atoms with Gasteiger partial charge in [0.15, 0.2) is 5.58 Å². The molecule has 1 aliphatic heterocycles. The van der Waals surface area contributed by atoms with E-state index in [1.807, 2.05) is 19.2 Å². The van der Waals surface area contributed by atoms with Crippen LogP contribution in [0.3, 0.4) is 0 Å². The number of aromatic nitrogens is 1. The number of pyridine rings is 1. The van der Waals surface area contributed by atoms with Gasteiger partial charge in [-0.1, -0.05) is 12.1 Å². The molecule has 2 aromatic heterocycles. The molecular weight excluding hydrogens is 286 g/mol. The second-order valence-corrected chi connectivity index (χ2v) is 6.81. The normalized spacial score (nSPS) is 16.9. The summed E-state index contributed by atoms with van der Waals surface area (Å²) in [6, 6.07) is 6.30. The largest absolute Gasteiger partial charge is 0.454 e. The number of hydrogen-bond acceptors (Lipinski definition) is 4. The molecule has 4 nitrogen and oxygen atoms in total. The van der Waals surface area contributed by atoms with Gasteiger partial charge in [-0.15, -0.1) is 0 Å². The lowest BCUT2D eigenvalue weighted by molar-refractivity contribution is 0.253. The fraction of sp³-hybridized carbons (Fsp3) is 0.316. The summed E-state index contributed by atoms with van der Waals surface area (Å²) in [5.41, 5.74) is 4.99. The molecule has 0 fully saturated rings. The maximum atomic E-state index is 6.25. The number of hydrogen-bond donors (Lipinski definition) is 0. The highest BCUT2D eigenvalue weighted by Crippen LogP contribution is 2.41. The molecule has 23 heavy (non-hydrogen) atoms. The van der Waals surface area contributed by atoms with Crippen LogP contribution in [0.15, 0.2) is 41.2 Å². The Balaban J connectivity index is 2.05. The van der Waals surface area contributed by atoms with Gasteiger partial charge in [-0.3, -0.25) is 4.98 Å². The van der Waals surface area contributed by atoms with Crippen molar-refractivity contribution in [2.45, 2.75) is 33.4 Å². The smallest absolute Gasteiger partial charge is 0.159 e. The van der Waals surface area contributed by atoms with Gasteiger partial charge >= 0.3 is 0 Å². The Labute approximate surface area is 136 Å². The van der Waals surface area contributed by atoms with Crippen molar-refractivity contribution in [3.05, 3.63) is 48.1 Å². The van der Waals surface area contributed by atoms with Crippen molar-refractivity contribution >= 4 is 27.6 Å². The Hall–Kier alpha value is -2.49. The third-order valence-corrected chi connectivity index (χ3v) is 4.97. The predicted molar refractivity (Wildman–Crippen MR) is 94.5 cm³/mol. The summed E-state index contributed by atoms with van der Waals surface area (Å²) in [5, 5.41) is 2.19. The average molecular weight is 307 g/mol. The predicted octanol–water partition coefficient (Wildman–Crippen LogP) is 4.56. The van der Waals surface area contributed by atoms with Gasteiger partial charge in [0, 0.05) is 48.2 Å². The van der Waals surface area contributed by atoms with E-state index >= 15 is 0 Å². The number of nitrogens with zero attached hydrogens (tertiary/aromatic N) is 3. The highest BCUT2D eigenvalue weighted by Gasteiger charge is 2.35. The van der Waals surface area contributed by atoms with E-state index in [1.165, 1.54) is 5.56 Å². The van der Waals surface area contributed by atoms with Crippen LogP contribution < -0.4 is 4.90 Å². The lowest BCUT2D eigenvalue weighted by Gasteiger charge is -2.38. The Kier molecular flexibility index (Phi) is 2.77. The highest BCUT2D eigenvalue weighted by atomic mass is 16.3. The summed E-state index contributed by atoms with van der Waals surface area (Å²) in [6.45, 7) is 8.53. The number of anilines is 1. The lowest BCUT2D eigenvalue weighted by Crippen LogP contribution is -2.46. The molecule has 0 radical (unpaired) electrons. The quantitative estimate of drug-likeness (QED) is 0.660. The van der Waals surface area contributed by atoms with Gasteiger partial charge in [0.25, 0.3) is 0 Å². The maximum Gasteiger partial charge on any atom is 0.159 e. The number of benzene rings is 1. The number of fused-ring (bicyclic) bond motifs is 3. The van der Waals surface area contributed by atoms with Crippen LogP contribution in [0, 0.1) is 13.8 Å². The molecule has 0 atom stereocenters. The van der Waals surface area contributed by atoms with E-state index in [2.05, 4.69) is 67.1 Å². The Morgan fingerprint density at radius 2 is 1.87 bits per heavy atom. The molecule has 0 bridgehead atoms. The maximum absolute atomic E-state index is 6.25. The average Bonchev–Trinajstić information content (AvgIpc) is 2.97. The minimum atomic E-state index is -0.133. The first-order chi connectivity index (χ1) is 10.9. The van der Waals surface area contributed by atoms with Crippen LogP contribution in [0.25, 0.3) is 21.9 Å². The number of rotatable bonds is 1. The molecule has 3 aromatic rings. The van der Waals surface area contributed by atoms with E-state index < -0.39 is 0 Å². The molecule has 1 aromatic carbocycles. The Morgan fingerprint density at radius 1 is 1.09 bits per heavy atom. The first-order valence-corrected chi connectivity index (χ1v) is 7.88. The monoisotopic (exact) mass is 307 g/mol. The van der Waals surface area contributed by atoms with Crippen molar-refractivity contribution in [3.8, 4) is 0 Å². The molecule has 0 spiro atoms. The van der Waals surface area contributed by atoms with Crippen molar-refractivity contribution in [3.63, 3.8) is 0 Å². The standard InChI is InChI=1S/C19H21N3O/c1-12-6-7-14-15-11-20-13(2)10-16(15)23-18(14)17(12)22-9-8-21(5)19(22,3)4/h6-11H,1-5H3. The molecule has 0 N–H and O–H groups in total. The minimum absolute atomic E-state index is 0.133. The fourth-order valence-corrected chi connectivity index (χ4v) is 3.27. The van der Waals surface area contributed by atoms with Crippen LogP contribution in [-0.2, 0) is 0 Å². The van der Waals surface area contributed by atoms with Gasteiger partial charge in [0.1, 0.15) is 11.2 Å². The summed E-state index contributed by atoms with van der Waals surface area (Å²) in [7, 11) is 2.10. The van der Waals surface area contributed by atoms with Crippen LogP contribution in [0.1, 0.15) is 25.1 Å². The molecule has 4 heteroatoms. The van der Waals surface area contributed by atoms with Crippen molar-refractivity contribution in [1.82, 2.24) is 9.88 Å². The highest BCUT2D eigenvalue weighted by molar-refractivity contribution is 6.09. The molecule has 1 aliphatic rings. The van der Waals surface area contributed by atoms with Crippen LogP contribution in [-0.4, -0.2) is 22.6 Å². The summed E-state index contributed by atoms with van der Waals surface area (Å²) in [5.74, 6) is 0. The zero-order valence-corrected chi connectivity index (χ0v) is 14.2. The zero-order chi connectivity index (χ0) is 16.4. The third-order valence-electron chi connectivity index (χ3n) is 4.97.